The van der Waals surface area contributed by atoms with Crippen molar-refractivity contribution in [3.05, 3.63) is 24.3 Å². The first kappa shape index (κ1) is 37.0. The van der Waals surface area contributed by atoms with Crippen LogP contribution in [0.2, 0.25) is 0 Å². The fourth-order valence-electron chi connectivity index (χ4n) is 0.427. The molecule has 176 valence electrons. The molecule has 13 nitrogen and oxygen atoms in total. The van der Waals surface area contributed by atoms with Crippen molar-refractivity contribution in [1.82, 2.24) is 0 Å². The maximum atomic E-state index is 9.60. The van der Waals surface area contributed by atoms with Crippen molar-refractivity contribution in [2.75, 3.05) is 19.8 Å². The highest BCUT2D eigenvalue weighted by atomic mass is 16.6. The Morgan fingerprint density at radius 3 is 0.767 bits per heavy atom. The molecular weight excluding hydrogens is 406 g/mol. The summed E-state index contributed by atoms with van der Waals surface area (Å²) in [4.78, 5) is 48.0. The molecule has 0 radical (unpaired) electrons. The van der Waals surface area contributed by atoms with Gasteiger partial charge >= 0.3 is 30.2 Å². The van der Waals surface area contributed by atoms with Crippen molar-refractivity contribution >= 4 is 30.2 Å². The van der Waals surface area contributed by atoms with Crippen LogP contribution in [-0.2, 0) is 23.8 Å². The molecule has 0 aliphatic carbocycles. The quantitative estimate of drug-likeness (QED) is 0.306. The summed E-state index contributed by atoms with van der Waals surface area (Å²) in [5.41, 5.74) is 14.0. The van der Waals surface area contributed by atoms with E-state index in [0.29, 0.717) is 19.8 Å². The van der Waals surface area contributed by atoms with Crippen molar-refractivity contribution in [3.63, 3.8) is 0 Å². The second-order valence-electron chi connectivity index (χ2n) is 4.43. The summed E-state index contributed by atoms with van der Waals surface area (Å²) >= 11 is 0. The lowest BCUT2D eigenvalue weighted by Crippen LogP contribution is -2.11. The van der Waals surface area contributed by atoms with Crippen molar-refractivity contribution < 1.29 is 48.4 Å². The summed E-state index contributed by atoms with van der Waals surface area (Å²) in [6.45, 7) is 15.4. The highest BCUT2D eigenvalue weighted by Crippen LogP contribution is 1.81. The predicted molar refractivity (Wildman–Crippen MR) is 109 cm³/mol. The summed E-state index contributed by atoms with van der Waals surface area (Å²) in [5.74, 6) is -1.87. The third kappa shape index (κ3) is 74.7. The fraction of sp³-hybridized carbons (Fsp3) is 0.471. The van der Waals surface area contributed by atoms with Gasteiger partial charge in [-0.2, -0.15) is 0 Å². The van der Waals surface area contributed by atoms with Crippen LogP contribution in [0.25, 0.3) is 0 Å². The first-order valence-electron chi connectivity index (χ1n) is 8.14. The van der Waals surface area contributed by atoms with E-state index in [2.05, 4.69) is 44.6 Å². The minimum Gasteiger partial charge on any atom is -0.478 e. The molecule has 0 aliphatic rings. The molecule has 0 heterocycles. The molecule has 0 rings (SSSR count). The Hall–Kier alpha value is -3.77. The maximum Gasteiger partial charge on any atom is 0.404 e. The minimum atomic E-state index is -0.935. The highest BCUT2D eigenvalue weighted by molar-refractivity contribution is 5.85. The maximum absolute atomic E-state index is 9.60. The number of ether oxygens (including phenoxy) is 3. The number of hydrogen-bond donors (Lipinski definition) is 5. The summed E-state index contributed by atoms with van der Waals surface area (Å²) in [6, 6.07) is 0. The van der Waals surface area contributed by atoms with E-state index in [4.69, 9.17) is 10.2 Å². The molecule has 13 heteroatoms. The SMILES string of the molecule is C=C(C)C(=O)O.C=C(C)C(=O)O.CCOC(N)=O.CCOC(N)=O.CCOC(N)=O. The van der Waals surface area contributed by atoms with Gasteiger partial charge in [-0.25, -0.2) is 24.0 Å². The van der Waals surface area contributed by atoms with Gasteiger partial charge in [-0.1, -0.05) is 13.2 Å². The number of amides is 3. The van der Waals surface area contributed by atoms with Gasteiger partial charge in [0.15, 0.2) is 0 Å². The number of hydrogen-bond acceptors (Lipinski definition) is 8. The number of carboxylic acids is 2. The van der Waals surface area contributed by atoms with E-state index in [1.54, 1.807) is 20.8 Å². The van der Waals surface area contributed by atoms with Gasteiger partial charge in [-0.05, 0) is 34.6 Å². The van der Waals surface area contributed by atoms with Crippen LogP contribution in [0.3, 0.4) is 0 Å². The van der Waals surface area contributed by atoms with Crippen LogP contribution >= 0.6 is 0 Å². The summed E-state index contributed by atoms with van der Waals surface area (Å²) in [6.07, 6.45) is -2.13. The number of aliphatic carboxylic acids is 2. The van der Waals surface area contributed by atoms with E-state index in [1.165, 1.54) is 13.8 Å². The van der Waals surface area contributed by atoms with Gasteiger partial charge in [-0.15, -0.1) is 0 Å². The zero-order chi connectivity index (χ0) is 25.3. The largest absolute Gasteiger partial charge is 0.478 e. The first-order valence-corrected chi connectivity index (χ1v) is 8.14. The molecule has 0 aromatic heterocycles. The third-order valence-electron chi connectivity index (χ3n) is 1.59. The van der Waals surface area contributed by atoms with E-state index >= 15 is 0 Å². The second kappa shape index (κ2) is 27.4. The van der Waals surface area contributed by atoms with E-state index in [9.17, 15) is 24.0 Å². The standard InChI is InChI=1S/2C4H6O2.3C3H7NO2/c2*1-3(2)4(5)6;3*1-2-6-3(4)5/h2*1H2,2H3,(H,5,6);3*2H2,1H3,(H2,4,5). The van der Waals surface area contributed by atoms with Crippen LogP contribution in [0.5, 0.6) is 0 Å². The van der Waals surface area contributed by atoms with Crippen LogP contribution in [0.1, 0.15) is 34.6 Å². The normalized spacial score (nSPS) is 7.50. The van der Waals surface area contributed by atoms with Crippen LogP contribution in [-0.4, -0.2) is 60.3 Å². The molecule has 0 fully saturated rings. The molecule has 0 aliphatic heterocycles. The lowest BCUT2D eigenvalue weighted by molar-refractivity contribution is -0.133. The van der Waals surface area contributed by atoms with Crippen molar-refractivity contribution in [2.24, 2.45) is 17.2 Å². The average molecular weight is 439 g/mol. The van der Waals surface area contributed by atoms with Gasteiger partial charge < -0.3 is 41.6 Å². The van der Waals surface area contributed by atoms with Gasteiger partial charge in [0.25, 0.3) is 0 Å². The predicted octanol–water partition coefficient (Wildman–Crippen LogP) is 1.60. The zero-order valence-corrected chi connectivity index (χ0v) is 17.9. The third-order valence-corrected chi connectivity index (χ3v) is 1.59. The van der Waals surface area contributed by atoms with Gasteiger partial charge in [-0.3, -0.25) is 0 Å². The highest BCUT2D eigenvalue weighted by Gasteiger charge is 1.90. The zero-order valence-electron chi connectivity index (χ0n) is 17.9. The molecule has 0 atom stereocenters. The molecule has 0 unspecified atom stereocenters. The molecule has 3 amide bonds. The summed E-state index contributed by atoms with van der Waals surface area (Å²) < 4.78 is 12.5. The topological polar surface area (TPSA) is 232 Å². The van der Waals surface area contributed by atoms with E-state index < -0.39 is 30.2 Å². The minimum absolute atomic E-state index is 0.176. The van der Waals surface area contributed by atoms with Crippen LogP contribution < -0.4 is 17.2 Å². The van der Waals surface area contributed by atoms with E-state index in [0.717, 1.165) is 0 Å². The Labute approximate surface area is 175 Å². The van der Waals surface area contributed by atoms with Crippen molar-refractivity contribution in [2.45, 2.75) is 34.6 Å². The molecule has 0 aromatic carbocycles. The lowest BCUT2D eigenvalue weighted by Gasteiger charge is -1.89. The number of carbonyl (C=O) groups excluding carboxylic acids is 3. The van der Waals surface area contributed by atoms with Crippen molar-refractivity contribution in [1.29, 1.82) is 0 Å². The Bertz CT molecular complexity index is 462. The fourth-order valence-corrected chi connectivity index (χ4v) is 0.427. The van der Waals surface area contributed by atoms with Gasteiger partial charge in [0.05, 0.1) is 19.8 Å². The molecule has 0 spiro atoms. The van der Waals surface area contributed by atoms with Crippen LogP contribution in [0.15, 0.2) is 24.3 Å². The van der Waals surface area contributed by atoms with E-state index in [-0.39, 0.29) is 11.1 Å². The van der Waals surface area contributed by atoms with Gasteiger partial charge in [0.2, 0.25) is 0 Å². The van der Waals surface area contributed by atoms with Crippen molar-refractivity contribution in [3.8, 4) is 0 Å². The number of rotatable bonds is 5. The summed E-state index contributed by atoms with van der Waals surface area (Å²) in [7, 11) is 0. The molecule has 0 saturated heterocycles. The number of carbonyl (C=O) groups is 5. The number of primary amides is 3. The van der Waals surface area contributed by atoms with Crippen LogP contribution in [0.4, 0.5) is 14.4 Å². The Morgan fingerprint density at radius 2 is 0.767 bits per heavy atom. The smallest absolute Gasteiger partial charge is 0.404 e. The monoisotopic (exact) mass is 439 g/mol. The molecule has 0 bridgehead atoms. The number of carboxylic acid groups (broad SMARTS) is 2. The Balaban J connectivity index is -0.0000000868. The molecule has 0 aromatic rings. The lowest BCUT2D eigenvalue weighted by atomic mass is 10.4. The van der Waals surface area contributed by atoms with Gasteiger partial charge in [0, 0.05) is 11.1 Å². The average Bonchev–Trinajstić information content (AvgIpc) is 2.56. The Kier molecular flexibility index (Phi) is 33.9. The second-order valence-corrected chi connectivity index (χ2v) is 4.43. The first-order chi connectivity index (χ1) is 13.6. The molecule has 0 saturated carbocycles. The molecular formula is C17H33N3O10. The summed E-state index contributed by atoms with van der Waals surface area (Å²) in [5, 5.41) is 15.8. The van der Waals surface area contributed by atoms with Gasteiger partial charge in [0.1, 0.15) is 0 Å². The number of nitrogens with two attached hydrogens (primary N) is 3. The van der Waals surface area contributed by atoms with Crippen LogP contribution in [0, 0.1) is 0 Å². The molecule has 8 N–H and O–H groups in total. The van der Waals surface area contributed by atoms with E-state index in [1.807, 2.05) is 0 Å². The Morgan fingerprint density at radius 1 is 0.633 bits per heavy atom. The molecule has 30 heavy (non-hydrogen) atoms.